The van der Waals surface area contributed by atoms with Crippen molar-refractivity contribution in [1.29, 1.82) is 0 Å². The molecule has 1 unspecified atom stereocenters. The van der Waals surface area contributed by atoms with Crippen LogP contribution in [0.15, 0.2) is 0 Å². The van der Waals surface area contributed by atoms with Crippen LogP contribution in [0.25, 0.3) is 0 Å². The standard InChI is InChI=1S/C11H20O2/c1-10(2,3)6-7-11(9-12)5-4-8-13-11/h9H,4-8H2,1-3H3. The van der Waals surface area contributed by atoms with E-state index >= 15 is 0 Å². The van der Waals surface area contributed by atoms with Gasteiger partial charge in [-0.05, 0) is 31.1 Å². The first kappa shape index (κ1) is 10.7. The molecule has 76 valence electrons. The zero-order chi connectivity index (χ0) is 9.95. The highest BCUT2D eigenvalue weighted by atomic mass is 16.5. The third-order valence-corrected chi connectivity index (χ3v) is 2.65. The third kappa shape index (κ3) is 3.11. The zero-order valence-corrected chi connectivity index (χ0v) is 8.93. The molecule has 0 N–H and O–H groups in total. The predicted octanol–water partition coefficient (Wildman–Crippen LogP) is 2.56. The van der Waals surface area contributed by atoms with Crippen molar-refractivity contribution in [3.8, 4) is 0 Å². The number of rotatable bonds is 3. The second kappa shape index (κ2) is 3.79. The van der Waals surface area contributed by atoms with Crippen LogP contribution in [0.5, 0.6) is 0 Å². The van der Waals surface area contributed by atoms with Crippen LogP contribution in [0, 0.1) is 5.41 Å². The topological polar surface area (TPSA) is 26.3 Å². The first-order valence-electron chi connectivity index (χ1n) is 5.08. The minimum absolute atomic E-state index is 0.294. The molecule has 1 aliphatic rings. The highest BCUT2D eigenvalue weighted by Crippen LogP contribution is 2.32. The molecule has 1 heterocycles. The molecule has 2 nitrogen and oxygen atoms in total. The molecule has 0 spiro atoms. The molecule has 1 saturated heterocycles. The monoisotopic (exact) mass is 184 g/mol. The van der Waals surface area contributed by atoms with Crippen molar-refractivity contribution in [1.82, 2.24) is 0 Å². The van der Waals surface area contributed by atoms with Crippen LogP contribution in [0.4, 0.5) is 0 Å². The summed E-state index contributed by atoms with van der Waals surface area (Å²) in [6.07, 6.45) is 4.87. The first-order chi connectivity index (χ1) is 5.97. The minimum atomic E-state index is -0.437. The van der Waals surface area contributed by atoms with Gasteiger partial charge in [0.2, 0.25) is 0 Å². The molecule has 2 heteroatoms. The van der Waals surface area contributed by atoms with E-state index in [-0.39, 0.29) is 0 Å². The number of hydrogen-bond acceptors (Lipinski definition) is 2. The Morgan fingerprint density at radius 2 is 2.15 bits per heavy atom. The summed E-state index contributed by atoms with van der Waals surface area (Å²) >= 11 is 0. The van der Waals surface area contributed by atoms with Gasteiger partial charge in [0, 0.05) is 6.61 Å². The Kier molecular flexibility index (Phi) is 3.12. The number of carbonyl (C=O) groups is 1. The Balaban J connectivity index is 2.45. The fourth-order valence-corrected chi connectivity index (χ4v) is 1.65. The van der Waals surface area contributed by atoms with Crippen molar-refractivity contribution in [2.24, 2.45) is 5.41 Å². The second-order valence-electron chi connectivity index (χ2n) is 5.20. The Bertz CT molecular complexity index is 173. The lowest BCUT2D eigenvalue weighted by Crippen LogP contribution is -2.31. The average molecular weight is 184 g/mol. The van der Waals surface area contributed by atoms with Crippen LogP contribution < -0.4 is 0 Å². The van der Waals surface area contributed by atoms with E-state index in [1.807, 2.05) is 0 Å². The van der Waals surface area contributed by atoms with Gasteiger partial charge in [-0.25, -0.2) is 0 Å². The van der Waals surface area contributed by atoms with Crippen LogP contribution in [-0.4, -0.2) is 18.5 Å². The average Bonchev–Trinajstić information content (AvgIpc) is 2.49. The van der Waals surface area contributed by atoms with Crippen molar-refractivity contribution in [2.75, 3.05) is 6.61 Å². The summed E-state index contributed by atoms with van der Waals surface area (Å²) in [5.41, 5.74) is -0.144. The molecule has 0 saturated carbocycles. The molecule has 0 aromatic carbocycles. The van der Waals surface area contributed by atoms with Gasteiger partial charge in [0.05, 0.1) is 0 Å². The lowest BCUT2D eigenvalue weighted by Gasteiger charge is -2.26. The van der Waals surface area contributed by atoms with Crippen LogP contribution in [-0.2, 0) is 9.53 Å². The van der Waals surface area contributed by atoms with Crippen molar-refractivity contribution in [3.63, 3.8) is 0 Å². The number of ether oxygens (including phenoxy) is 1. The maximum Gasteiger partial charge on any atom is 0.151 e. The zero-order valence-electron chi connectivity index (χ0n) is 8.93. The normalized spacial score (nSPS) is 29.2. The van der Waals surface area contributed by atoms with Gasteiger partial charge in [0.25, 0.3) is 0 Å². The van der Waals surface area contributed by atoms with Crippen molar-refractivity contribution >= 4 is 6.29 Å². The van der Waals surface area contributed by atoms with Gasteiger partial charge >= 0.3 is 0 Å². The molecule has 1 rings (SSSR count). The maximum absolute atomic E-state index is 10.9. The van der Waals surface area contributed by atoms with Crippen LogP contribution in [0.2, 0.25) is 0 Å². The van der Waals surface area contributed by atoms with Crippen LogP contribution in [0.3, 0.4) is 0 Å². The smallest absolute Gasteiger partial charge is 0.151 e. The number of hydrogen-bond donors (Lipinski definition) is 0. The lowest BCUT2D eigenvalue weighted by atomic mass is 9.84. The summed E-state index contributed by atoms with van der Waals surface area (Å²) in [4.78, 5) is 10.9. The Morgan fingerprint density at radius 1 is 1.46 bits per heavy atom. The van der Waals surface area contributed by atoms with E-state index in [9.17, 15) is 4.79 Å². The van der Waals surface area contributed by atoms with E-state index in [0.29, 0.717) is 5.41 Å². The van der Waals surface area contributed by atoms with Crippen LogP contribution >= 0.6 is 0 Å². The summed E-state index contributed by atoms with van der Waals surface area (Å²) in [5, 5.41) is 0. The van der Waals surface area contributed by atoms with E-state index in [1.54, 1.807) is 0 Å². The summed E-state index contributed by atoms with van der Waals surface area (Å²) in [7, 11) is 0. The van der Waals surface area contributed by atoms with Gasteiger partial charge in [-0.2, -0.15) is 0 Å². The molecule has 1 aliphatic heterocycles. The largest absolute Gasteiger partial charge is 0.368 e. The molecule has 1 atom stereocenters. The predicted molar refractivity (Wildman–Crippen MR) is 52.7 cm³/mol. The quantitative estimate of drug-likeness (QED) is 0.630. The Hall–Kier alpha value is -0.370. The van der Waals surface area contributed by atoms with E-state index < -0.39 is 5.60 Å². The highest BCUT2D eigenvalue weighted by molar-refractivity contribution is 5.62. The van der Waals surface area contributed by atoms with Crippen molar-refractivity contribution < 1.29 is 9.53 Å². The van der Waals surface area contributed by atoms with Gasteiger partial charge in [-0.1, -0.05) is 20.8 Å². The van der Waals surface area contributed by atoms with E-state index in [4.69, 9.17) is 4.74 Å². The van der Waals surface area contributed by atoms with Crippen molar-refractivity contribution in [3.05, 3.63) is 0 Å². The number of aldehydes is 1. The molecule has 0 aromatic rings. The summed E-state index contributed by atoms with van der Waals surface area (Å²) in [6, 6.07) is 0. The maximum atomic E-state index is 10.9. The first-order valence-corrected chi connectivity index (χ1v) is 5.08. The minimum Gasteiger partial charge on any atom is -0.368 e. The fraction of sp³-hybridized carbons (Fsp3) is 0.909. The third-order valence-electron chi connectivity index (χ3n) is 2.65. The lowest BCUT2D eigenvalue weighted by molar-refractivity contribution is -0.126. The molecule has 0 amide bonds. The van der Waals surface area contributed by atoms with E-state index in [1.165, 1.54) is 0 Å². The molecular formula is C11H20O2. The van der Waals surface area contributed by atoms with Gasteiger partial charge in [0.1, 0.15) is 5.60 Å². The van der Waals surface area contributed by atoms with Gasteiger partial charge in [-0.3, -0.25) is 0 Å². The van der Waals surface area contributed by atoms with Crippen LogP contribution in [0.1, 0.15) is 46.5 Å². The van der Waals surface area contributed by atoms with Gasteiger partial charge < -0.3 is 9.53 Å². The Morgan fingerprint density at radius 3 is 2.54 bits per heavy atom. The molecular weight excluding hydrogens is 164 g/mol. The van der Waals surface area contributed by atoms with E-state index in [0.717, 1.165) is 38.6 Å². The molecule has 0 bridgehead atoms. The van der Waals surface area contributed by atoms with Crippen molar-refractivity contribution in [2.45, 2.75) is 52.1 Å². The SMILES string of the molecule is CC(C)(C)CCC1(C=O)CCCO1. The summed E-state index contributed by atoms with van der Waals surface area (Å²) in [6.45, 7) is 7.34. The molecule has 13 heavy (non-hydrogen) atoms. The molecule has 1 fully saturated rings. The molecule has 0 aliphatic carbocycles. The second-order valence-corrected chi connectivity index (χ2v) is 5.20. The fourth-order valence-electron chi connectivity index (χ4n) is 1.65. The highest BCUT2D eigenvalue weighted by Gasteiger charge is 2.35. The molecule has 0 aromatic heterocycles. The summed E-state index contributed by atoms with van der Waals surface area (Å²) in [5.74, 6) is 0. The van der Waals surface area contributed by atoms with Gasteiger partial charge in [0.15, 0.2) is 6.29 Å². The van der Waals surface area contributed by atoms with Gasteiger partial charge in [-0.15, -0.1) is 0 Å². The summed E-state index contributed by atoms with van der Waals surface area (Å²) < 4.78 is 5.52. The number of carbonyl (C=O) groups excluding carboxylic acids is 1. The van der Waals surface area contributed by atoms with E-state index in [2.05, 4.69) is 20.8 Å². The molecule has 0 radical (unpaired) electrons. The Labute approximate surface area is 80.7 Å².